The van der Waals surface area contributed by atoms with Gasteiger partial charge in [0, 0.05) is 5.69 Å². The van der Waals surface area contributed by atoms with Crippen LogP contribution in [0.5, 0.6) is 0 Å². The predicted molar refractivity (Wildman–Crippen MR) is 86.4 cm³/mol. The monoisotopic (exact) mass is 347 g/mol. The molecule has 0 spiro atoms. The highest BCUT2D eigenvalue weighted by Crippen LogP contribution is 2.30. The third kappa shape index (κ3) is 3.14. The van der Waals surface area contributed by atoms with Crippen LogP contribution in [-0.2, 0) is 14.3 Å². The van der Waals surface area contributed by atoms with Gasteiger partial charge in [-0.15, -0.1) is 0 Å². The van der Waals surface area contributed by atoms with Gasteiger partial charge in [0.15, 0.2) is 5.03 Å². The van der Waals surface area contributed by atoms with Gasteiger partial charge in [0.25, 0.3) is 6.29 Å². The fourth-order valence-corrected chi connectivity index (χ4v) is 2.36. The third-order valence-corrected chi connectivity index (χ3v) is 3.82. The van der Waals surface area contributed by atoms with Gasteiger partial charge >= 0.3 is 11.9 Å². The number of cyclic esters (lactones) is 1. The Balaban J connectivity index is 1.84. The molecule has 3 rings (SSSR count). The quantitative estimate of drug-likeness (QED) is 0.853. The minimum atomic E-state index is -1.26. The Morgan fingerprint density at radius 3 is 2.79 bits per heavy atom. The topological polar surface area (TPSA) is 77.8 Å². The van der Waals surface area contributed by atoms with Gasteiger partial charge in [-0.1, -0.05) is 23.7 Å². The van der Waals surface area contributed by atoms with Crippen LogP contribution >= 0.6 is 11.6 Å². The summed E-state index contributed by atoms with van der Waals surface area (Å²) in [5, 5.41) is 2.87. The second kappa shape index (κ2) is 6.41. The van der Waals surface area contributed by atoms with Gasteiger partial charge < -0.3 is 19.2 Å². The van der Waals surface area contributed by atoms with Gasteiger partial charge in [0.1, 0.15) is 5.70 Å². The van der Waals surface area contributed by atoms with E-state index in [0.717, 1.165) is 16.8 Å². The molecule has 7 heteroatoms. The molecule has 2 aromatic rings. The summed E-state index contributed by atoms with van der Waals surface area (Å²) in [6, 6.07) is 8.77. The lowest BCUT2D eigenvalue weighted by atomic mass is 10.1. The Bertz CT molecular complexity index is 826. The average molecular weight is 348 g/mol. The van der Waals surface area contributed by atoms with Crippen molar-refractivity contribution in [3.05, 3.63) is 64.2 Å². The second-order valence-electron chi connectivity index (χ2n) is 5.29. The number of benzene rings is 1. The van der Waals surface area contributed by atoms with E-state index in [1.165, 1.54) is 12.3 Å². The van der Waals surface area contributed by atoms with Crippen LogP contribution in [0.2, 0.25) is 0 Å². The van der Waals surface area contributed by atoms with Gasteiger partial charge in [-0.2, -0.15) is 0 Å². The SMILES string of the molecule is Cc1ccc(C)c(NC2=C(Cl)C(=O)O[C@H]2OC(=O)c2ccco2)c1. The Morgan fingerprint density at radius 2 is 2.08 bits per heavy atom. The molecule has 24 heavy (non-hydrogen) atoms. The molecule has 1 aliphatic rings. The number of aryl methyl sites for hydroxylation is 2. The zero-order valence-electron chi connectivity index (χ0n) is 13.0. The molecular formula is C17H14ClNO5. The van der Waals surface area contributed by atoms with E-state index in [9.17, 15) is 9.59 Å². The van der Waals surface area contributed by atoms with Crippen molar-refractivity contribution >= 4 is 29.2 Å². The van der Waals surface area contributed by atoms with E-state index in [1.807, 2.05) is 32.0 Å². The number of rotatable bonds is 4. The number of carbonyl (C=O) groups excluding carboxylic acids is 2. The van der Waals surface area contributed by atoms with Crippen LogP contribution in [0, 0.1) is 13.8 Å². The summed E-state index contributed by atoms with van der Waals surface area (Å²) in [4.78, 5) is 23.7. The number of nitrogens with one attached hydrogen (secondary N) is 1. The second-order valence-corrected chi connectivity index (χ2v) is 5.67. The molecule has 0 saturated carbocycles. The number of halogens is 1. The van der Waals surface area contributed by atoms with Crippen LogP contribution < -0.4 is 5.32 Å². The molecule has 1 aromatic carbocycles. The van der Waals surface area contributed by atoms with Crippen molar-refractivity contribution in [3.63, 3.8) is 0 Å². The lowest BCUT2D eigenvalue weighted by Crippen LogP contribution is -2.24. The molecule has 1 N–H and O–H groups in total. The molecule has 2 heterocycles. The third-order valence-electron chi connectivity index (χ3n) is 3.46. The van der Waals surface area contributed by atoms with E-state index in [0.29, 0.717) is 0 Å². The number of esters is 2. The molecule has 0 saturated heterocycles. The Morgan fingerprint density at radius 1 is 1.29 bits per heavy atom. The van der Waals surface area contributed by atoms with Crippen molar-refractivity contribution < 1.29 is 23.5 Å². The fraction of sp³-hybridized carbons (Fsp3) is 0.176. The maximum absolute atomic E-state index is 12.0. The summed E-state index contributed by atoms with van der Waals surface area (Å²) >= 11 is 6.00. The molecule has 0 bridgehead atoms. The van der Waals surface area contributed by atoms with E-state index in [1.54, 1.807) is 6.07 Å². The van der Waals surface area contributed by atoms with Gasteiger partial charge in [0.05, 0.1) is 6.26 Å². The summed E-state index contributed by atoms with van der Waals surface area (Å²) in [5.74, 6) is -1.52. The van der Waals surface area contributed by atoms with Crippen molar-refractivity contribution in [2.45, 2.75) is 20.1 Å². The maximum Gasteiger partial charge on any atom is 0.377 e. The molecule has 0 aliphatic carbocycles. The molecule has 6 nitrogen and oxygen atoms in total. The first-order valence-corrected chi connectivity index (χ1v) is 7.53. The minimum absolute atomic E-state index is 0.000146. The molecular weight excluding hydrogens is 334 g/mol. The summed E-state index contributed by atoms with van der Waals surface area (Å²) in [6.45, 7) is 3.84. The predicted octanol–water partition coefficient (Wildman–Crippen LogP) is 3.50. The van der Waals surface area contributed by atoms with E-state index in [2.05, 4.69) is 5.32 Å². The molecule has 0 unspecified atom stereocenters. The lowest BCUT2D eigenvalue weighted by molar-refractivity contribution is -0.152. The fourth-order valence-electron chi connectivity index (χ4n) is 2.18. The summed E-state index contributed by atoms with van der Waals surface area (Å²) in [7, 11) is 0. The van der Waals surface area contributed by atoms with Gasteiger partial charge in [-0.25, -0.2) is 9.59 Å². The van der Waals surface area contributed by atoms with Crippen molar-refractivity contribution in [1.82, 2.24) is 0 Å². The molecule has 1 aliphatic heterocycles. The summed E-state index contributed by atoms with van der Waals surface area (Å²) < 4.78 is 15.1. The largest absolute Gasteiger partial charge is 0.457 e. The van der Waals surface area contributed by atoms with E-state index in [4.69, 9.17) is 25.5 Å². The molecule has 1 aromatic heterocycles. The van der Waals surface area contributed by atoms with Gasteiger partial charge in [-0.05, 0) is 43.2 Å². The maximum atomic E-state index is 12.0. The number of hydrogen-bond donors (Lipinski definition) is 1. The van der Waals surface area contributed by atoms with Crippen LogP contribution in [0.25, 0.3) is 0 Å². The van der Waals surface area contributed by atoms with Crippen LogP contribution in [0.15, 0.2) is 51.7 Å². The Kier molecular flexibility index (Phi) is 4.31. The summed E-state index contributed by atoms with van der Waals surface area (Å²) in [5.41, 5.74) is 2.87. The molecule has 1 atom stereocenters. The molecule has 0 fully saturated rings. The average Bonchev–Trinajstić information content (AvgIpc) is 3.16. The number of hydrogen-bond acceptors (Lipinski definition) is 6. The minimum Gasteiger partial charge on any atom is -0.457 e. The standard InChI is InChI=1S/C17H14ClNO5/c1-9-5-6-10(2)11(8-9)19-14-13(18)16(21)24-17(14)23-15(20)12-4-3-7-22-12/h3-8,17,19H,1-2H3/t17-/m1/s1. The highest BCUT2D eigenvalue weighted by Gasteiger charge is 2.37. The Hall–Kier alpha value is -2.73. The van der Waals surface area contributed by atoms with E-state index >= 15 is 0 Å². The van der Waals surface area contributed by atoms with Crippen LogP contribution in [0.3, 0.4) is 0 Å². The zero-order chi connectivity index (χ0) is 17.3. The summed E-state index contributed by atoms with van der Waals surface area (Å²) in [6.07, 6.45) is 0.0810. The highest BCUT2D eigenvalue weighted by atomic mass is 35.5. The van der Waals surface area contributed by atoms with E-state index < -0.39 is 18.2 Å². The first-order chi connectivity index (χ1) is 11.5. The molecule has 0 radical (unpaired) electrons. The molecule has 124 valence electrons. The highest BCUT2D eigenvalue weighted by molar-refractivity contribution is 6.42. The Labute approximate surface area is 143 Å². The first kappa shape index (κ1) is 16.1. The number of ether oxygens (including phenoxy) is 2. The first-order valence-electron chi connectivity index (χ1n) is 7.15. The van der Waals surface area contributed by atoms with Crippen LogP contribution in [-0.4, -0.2) is 18.2 Å². The number of carbonyl (C=O) groups is 2. The van der Waals surface area contributed by atoms with Crippen molar-refractivity contribution in [3.8, 4) is 0 Å². The number of furan rings is 1. The van der Waals surface area contributed by atoms with Crippen molar-refractivity contribution in [2.75, 3.05) is 5.32 Å². The zero-order valence-corrected chi connectivity index (χ0v) is 13.7. The van der Waals surface area contributed by atoms with Crippen molar-refractivity contribution in [1.29, 1.82) is 0 Å². The van der Waals surface area contributed by atoms with Crippen LogP contribution in [0.4, 0.5) is 5.69 Å². The number of anilines is 1. The smallest absolute Gasteiger partial charge is 0.377 e. The van der Waals surface area contributed by atoms with Gasteiger partial charge in [-0.3, -0.25) is 0 Å². The van der Waals surface area contributed by atoms with E-state index in [-0.39, 0.29) is 16.5 Å². The van der Waals surface area contributed by atoms with Crippen LogP contribution in [0.1, 0.15) is 21.7 Å². The van der Waals surface area contributed by atoms with Gasteiger partial charge in [0.2, 0.25) is 5.76 Å². The lowest BCUT2D eigenvalue weighted by Gasteiger charge is -2.17. The van der Waals surface area contributed by atoms with Crippen molar-refractivity contribution in [2.24, 2.45) is 0 Å². The molecule has 0 amide bonds. The normalized spacial score (nSPS) is 17.0.